The van der Waals surface area contributed by atoms with E-state index in [-0.39, 0.29) is 0 Å². The third-order valence-electron chi connectivity index (χ3n) is 6.01. The molecule has 128 valence electrons. The summed E-state index contributed by atoms with van der Waals surface area (Å²) in [5.41, 5.74) is 6.47. The lowest BCUT2D eigenvalue weighted by atomic mass is 9.74. The third kappa shape index (κ3) is 2.44. The predicted molar refractivity (Wildman–Crippen MR) is 102 cm³/mol. The van der Waals surface area contributed by atoms with Crippen molar-refractivity contribution < 1.29 is 0 Å². The van der Waals surface area contributed by atoms with Crippen LogP contribution in [-0.2, 0) is 6.42 Å². The van der Waals surface area contributed by atoms with Crippen molar-refractivity contribution in [3.8, 4) is 0 Å². The first-order valence-electron chi connectivity index (χ1n) is 9.17. The minimum Gasteiger partial charge on any atom is -0.380 e. The number of nitrogens with zero attached hydrogens (tertiary/aromatic N) is 2. The van der Waals surface area contributed by atoms with Crippen molar-refractivity contribution >= 4 is 16.6 Å². The molecule has 0 radical (unpaired) electrons. The topological polar surface area (TPSA) is 44.0 Å². The largest absolute Gasteiger partial charge is 0.380 e. The van der Waals surface area contributed by atoms with Gasteiger partial charge in [0.25, 0.3) is 0 Å². The Bertz CT molecular complexity index is 911. The van der Waals surface area contributed by atoms with Gasteiger partial charge in [0, 0.05) is 47.3 Å². The van der Waals surface area contributed by atoms with Crippen LogP contribution in [0.5, 0.6) is 0 Å². The van der Waals surface area contributed by atoms with Gasteiger partial charge >= 0.3 is 0 Å². The highest BCUT2D eigenvalue weighted by molar-refractivity contribution is 5.88. The first-order chi connectivity index (χ1) is 12.2. The molecule has 1 fully saturated rings. The zero-order chi connectivity index (χ0) is 17.0. The zero-order valence-electron chi connectivity index (χ0n) is 14.8. The summed E-state index contributed by atoms with van der Waals surface area (Å²) in [5, 5.41) is 5.18. The standard InChI is InChI=1S/C21H24N4/c1-13-6-7-15(11-22-13)24-16-9-18-17-4-3-5-19-21(17)14(10-23-19)8-20(18)25(2)12-16/h3-7,10-11,16,18,20,23-24H,8-9,12H2,1-2H3/t16-,18?,20+/m0/s1. The Kier molecular flexibility index (Phi) is 3.35. The summed E-state index contributed by atoms with van der Waals surface area (Å²) in [7, 11) is 2.27. The van der Waals surface area contributed by atoms with Gasteiger partial charge in [0.15, 0.2) is 0 Å². The second kappa shape index (κ2) is 5.60. The van der Waals surface area contributed by atoms with Crippen molar-refractivity contribution in [2.75, 3.05) is 18.9 Å². The molecule has 2 N–H and O–H groups in total. The average molecular weight is 332 g/mol. The van der Waals surface area contributed by atoms with Crippen LogP contribution in [0.4, 0.5) is 5.69 Å². The van der Waals surface area contributed by atoms with Crippen molar-refractivity contribution in [3.05, 3.63) is 59.5 Å². The Morgan fingerprint density at radius 3 is 3.00 bits per heavy atom. The number of fused-ring (bicyclic) bond motifs is 2. The molecule has 0 bridgehead atoms. The molecule has 25 heavy (non-hydrogen) atoms. The number of aromatic nitrogens is 2. The SMILES string of the molecule is Cc1ccc(N[C@H]2CC3c4cccc5[nH]cc(c45)C[C@H]3N(C)C2)cn1. The number of nitrogens with one attached hydrogen (secondary N) is 2. The van der Waals surface area contributed by atoms with Crippen LogP contribution in [0.2, 0.25) is 0 Å². The highest BCUT2D eigenvalue weighted by Gasteiger charge is 2.39. The second-order valence-electron chi connectivity index (χ2n) is 7.67. The predicted octanol–water partition coefficient (Wildman–Crippen LogP) is 3.70. The van der Waals surface area contributed by atoms with Crippen molar-refractivity contribution in [1.29, 1.82) is 0 Å². The van der Waals surface area contributed by atoms with Gasteiger partial charge < -0.3 is 15.2 Å². The van der Waals surface area contributed by atoms with E-state index in [1.54, 1.807) is 0 Å². The number of pyridine rings is 1. The molecule has 0 spiro atoms. The van der Waals surface area contributed by atoms with Gasteiger partial charge in [-0.2, -0.15) is 0 Å². The van der Waals surface area contributed by atoms with Crippen LogP contribution in [0.3, 0.4) is 0 Å². The summed E-state index contributed by atoms with van der Waals surface area (Å²) in [6, 6.07) is 12.0. The van der Waals surface area contributed by atoms with Crippen molar-refractivity contribution in [1.82, 2.24) is 14.9 Å². The molecule has 2 aromatic heterocycles. The van der Waals surface area contributed by atoms with Crippen molar-refractivity contribution in [2.24, 2.45) is 0 Å². The van der Waals surface area contributed by atoms with E-state index in [2.05, 4.69) is 63.8 Å². The molecule has 1 aliphatic heterocycles. The number of H-pyrrole nitrogens is 1. The maximum atomic E-state index is 4.42. The molecule has 3 aromatic rings. The van der Waals surface area contributed by atoms with E-state index in [0.29, 0.717) is 18.0 Å². The lowest BCUT2D eigenvalue weighted by molar-refractivity contribution is 0.147. The van der Waals surface area contributed by atoms with E-state index in [1.165, 1.54) is 28.5 Å². The molecule has 1 unspecified atom stereocenters. The Morgan fingerprint density at radius 2 is 2.16 bits per heavy atom. The Hall–Kier alpha value is -2.33. The molecule has 1 aliphatic carbocycles. The summed E-state index contributed by atoms with van der Waals surface area (Å²) in [6.07, 6.45) is 6.48. The Morgan fingerprint density at radius 1 is 1.24 bits per heavy atom. The van der Waals surface area contributed by atoms with Crippen molar-refractivity contribution in [3.63, 3.8) is 0 Å². The fourth-order valence-electron chi connectivity index (χ4n) is 4.84. The molecule has 3 atom stereocenters. The van der Waals surface area contributed by atoms with Gasteiger partial charge in [-0.25, -0.2) is 0 Å². The molecule has 3 heterocycles. The molecular formula is C21H24N4. The normalized spacial score (nSPS) is 25.8. The minimum atomic E-state index is 0.450. The van der Waals surface area contributed by atoms with E-state index < -0.39 is 0 Å². The minimum absolute atomic E-state index is 0.450. The first-order valence-corrected chi connectivity index (χ1v) is 9.17. The first kappa shape index (κ1) is 15.0. The molecule has 0 amide bonds. The quantitative estimate of drug-likeness (QED) is 0.752. The number of benzene rings is 1. The molecular weight excluding hydrogens is 308 g/mol. The van der Waals surface area contributed by atoms with Crippen LogP contribution in [0.25, 0.3) is 10.9 Å². The molecule has 2 aliphatic rings. The molecule has 5 rings (SSSR count). The van der Waals surface area contributed by atoms with Crippen LogP contribution in [0.1, 0.15) is 29.2 Å². The van der Waals surface area contributed by atoms with Crippen LogP contribution >= 0.6 is 0 Å². The smallest absolute Gasteiger partial charge is 0.0529 e. The van der Waals surface area contributed by atoms with Crippen LogP contribution in [-0.4, -0.2) is 40.5 Å². The van der Waals surface area contributed by atoms with Gasteiger partial charge in [-0.1, -0.05) is 12.1 Å². The monoisotopic (exact) mass is 332 g/mol. The Balaban J connectivity index is 1.47. The highest BCUT2D eigenvalue weighted by atomic mass is 15.2. The van der Waals surface area contributed by atoms with Gasteiger partial charge in [-0.15, -0.1) is 0 Å². The summed E-state index contributed by atoms with van der Waals surface area (Å²) in [6.45, 7) is 3.10. The molecule has 4 nitrogen and oxygen atoms in total. The third-order valence-corrected chi connectivity index (χ3v) is 6.01. The zero-order valence-corrected chi connectivity index (χ0v) is 14.8. The number of hydrogen-bond acceptors (Lipinski definition) is 3. The summed E-state index contributed by atoms with van der Waals surface area (Å²) >= 11 is 0. The number of piperidine rings is 1. The molecule has 1 aromatic carbocycles. The average Bonchev–Trinajstić information content (AvgIpc) is 3.03. The summed E-state index contributed by atoms with van der Waals surface area (Å²) < 4.78 is 0. The van der Waals surface area contributed by atoms with Crippen LogP contribution in [0, 0.1) is 6.92 Å². The van der Waals surface area contributed by atoms with E-state index in [0.717, 1.165) is 24.3 Å². The van der Waals surface area contributed by atoms with Gasteiger partial charge in [0.05, 0.1) is 11.9 Å². The van der Waals surface area contributed by atoms with Gasteiger partial charge in [-0.3, -0.25) is 4.98 Å². The van der Waals surface area contributed by atoms with Crippen LogP contribution in [0.15, 0.2) is 42.7 Å². The number of likely N-dealkylation sites (tertiary alicyclic amines) is 1. The lowest BCUT2D eigenvalue weighted by Gasteiger charge is -2.45. The van der Waals surface area contributed by atoms with E-state index >= 15 is 0 Å². The summed E-state index contributed by atoms with van der Waals surface area (Å²) in [4.78, 5) is 10.4. The molecule has 4 heteroatoms. The fraction of sp³-hybridized carbons (Fsp3) is 0.381. The van der Waals surface area contributed by atoms with Gasteiger partial charge in [0.1, 0.15) is 0 Å². The number of aryl methyl sites for hydroxylation is 1. The van der Waals surface area contributed by atoms with Crippen LogP contribution < -0.4 is 5.32 Å². The number of aromatic amines is 1. The molecule has 0 saturated carbocycles. The van der Waals surface area contributed by atoms with Gasteiger partial charge in [-0.05, 0) is 56.1 Å². The maximum Gasteiger partial charge on any atom is 0.0529 e. The number of likely N-dealkylation sites (N-methyl/N-ethyl adjacent to an activating group) is 1. The van der Waals surface area contributed by atoms with E-state index in [9.17, 15) is 0 Å². The summed E-state index contributed by atoms with van der Waals surface area (Å²) in [5.74, 6) is 0.585. The maximum absolute atomic E-state index is 4.42. The van der Waals surface area contributed by atoms with Crippen molar-refractivity contribution in [2.45, 2.75) is 37.8 Å². The molecule has 1 saturated heterocycles. The Labute approximate surface area is 148 Å². The second-order valence-corrected chi connectivity index (χ2v) is 7.67. The highest BCUT2D eigenvalue weighted by Crippen LogP contribution is 2.43. The lowest BCUT2D eigenvalue weighted by Crippen LogP contribution is -2.51. The van der Waals surface area contributed by atoms with E-state index in [1.807, 2.05) is 13.1 Å². The number of hydrogen-bond donors (Lipinski definition) is 2. The van der Waals surface area contributed by atoms with E-state index in [4.69, 9.17) is 0 Å². The number of anilines is 1. The van der Waals surface area contributed by atoms with Gasteiger partial charge in [0.2, 0.25) is 0 Å². The fourth-order valence-corrected chi connectivity index (χ4v) is 4.84. The number of rotatable bonds is 2.